The lowest BCUT2D eigenvalue weighted by Crippen LogP contribution is -2.46. The van der Waals surface area contributed by atoms with Crippen molar-refractivity contribution in [1.82, 2.24) is 4.90 Å². The van der Waals surface area contributed by atoms with Crippen LogP contribution in [0.2, 0.25) is 0 Å². The monoisotopic (exact) mass is 415 g/mol. The molecule has 0 spiro atoms. The van der Waals surface area contributed by atoms with Crippen molar-refractivity contribution in [3.63, 3.8) is 0 Å². The van der Waals surface area contributed by atoms with E-state index >= 15 is 0 Å². The van der Waals surface area contributed by atoms with E-state index in [0.717, 1.165) is 30.6 Å². The Morgan fingerprint density at radius 2 is 1.61 bits per heavy atom. The minimum Gasteiger partial charge on any atom is -0.497 e. The van der Waals surface area contributed by atoms with Gasteiger partial charge in [0.1, 0.15) is 5.75 Å². The largest absolute Gasteiger partial charge is 0.497 e. The lowest BCUT2D eigenvalue weighted by atomic mass is 9.63. The first-order valence-electron chi connectivity index (χ1n) is 11.2. The van der Waals surface area contributed by atoms with Gasteiger partial charge in [0.25, 0.3) is 0 Å². The molecule has 0 amide bonds. The molecule has 1 saturated carbocycles. The predicted molar refractivity (Wildman–Crippen MR) is 126 cm³/mol. The molecule has 3 aromatic rings. The van der Waals surface area contributed by atoms with E-state index in [-0.39, 0.29) is 12.0 Å². The third-order valence-electron chi connectivity index (χ3n) is 6.94. The highest BCUT2D eigenvalue weighted by atomic mass is 16.5. The maximum Gasteiger partial charge on any atom is 0.119 e. The molecule has 0 bridgehead atoms. The van der Waals surface area contributed by atoms with Crippen LogP contribution in [-0.4, -0.2) is 31.2 Å². The quantitative estimate of drug-likeness (QED) is 0.555. The first-order valence-corrected chi connectivity index (χ1v) is 11.2. The van der Waals surface area contributed by atoms with E-state index in [1.807, 2.05) is 18.2 Å². The van der Waals surface area contributed by atoms with Gasteiger partial charge in [-0.15, -0.1) is 0 Å². The highest BCUT2D eigenvalue weighted by Crippen LogP contribution is 2.53. The van der Waals surface area contributed by atoms with Crippen molar-refractivity contribution < 1.29 is 9.84 Å². The number of aliphatic hydroxyl groups is 1. The summed E-state index contributed by atoms with van der Waals surface area (Å²) in [6.07, 6.45) is 2.61. The summed E-state index contributed by atoms with van der Waals surface area (Å²) >= 11 is 0. The van der Waals surface area contributed by atoms with Crippen LogP contribution < -0.4 is 4.74 Å². The van der Waals surface area contributed by atoms with Crippen LogP contribution in [0.15, 0.2) is 84.9 Å². The smallest absolute Gasteiger partial charge is 0.119 e. The number of benzene rings is 3. The van der Waals surface area contributed by atoms with Crippen molar-refractivity contribution in [1.29, 1.82) is 0 Å². The van der Waals surface area contributed by atoms with Crippen LogP contribution >= 0.6 is 0 Å². The van der Waals surface area contributed by atoms with Crippen molar-refractivity contribution in [3.05, 3.63) is 102 Å². The predicted octanol–water partition coefficient (Wildman–Crippen LogP) is 5.77. The van der Waals surface area contributed by atoms with E-state index < -0.39 is 5.60 Å². The number of ether oxygens (including phenoxy) is 1. The highest BCUT2D eigenvalue weighted by molar-refractivity contribution is 5.35. The minimum atomic E-state index is -0.926. The SMILES string of the molecule is COc1cccc(C2(O)CCC(c3ccccc3)CC2C(c2ccccc2)N(C)C)c1. The number of hydrogen-bond donors (Lipinski definition) is 1. The van der Waals surface area contributed by atoms with E-state index in [9.17, 15) is 5.11 Å². The van der Waals surface area contributed by atoms with Crippen LogP contribution in [-0.2, 0) is 5.60 Å². The van der Waals surface area contributed by atoms with E-state index in [4.69, 9.17) is 4.74 Å². The van der Waals surface area contributed by atoms with Crippen LogP contribution in [0.1, 0.15) is 47.9 Å². The maximum absolute atomic E-state index is 12.3. The Kier molecular flexibility index (Phi) is 6.45. The molecule has 31 heavy (non-hydrogen) atoms. The molecule has 0 radical (unpaired) electrons. The van der Waals surface area contributed by atoms with Crippen LogP contribution in [0, 0.1) is 5.92 Å². The van der Waals surface area contributed by atoms with Crippen molar-refractivity contribution in [2.45, 2.75) is 36.8 Å². The van der Waals surface area contributed by atoms with Crippen LogP contribution in [0.25, 0.3) is 0 Å². The first kappa shape index (κ1) is 21.6. The zero-order valence-electron chi connectivity index (χ0n) is 18.7. The van der Waals surface area contributed by atoms with Crippen molar-refractivity contribution in [2.75, 3.05) is 21.2 Å². The summed E-state index contributed by atoms with van der Waals surface area (Å²) in [5.74, 6) is 1.26. The van der Waals surface area contributed by atoms with Gasteiger partial charge < -0.3 is 14.7 Å². The van der Waals surface area contributed by atoms with Gasteiger partial charge in [-0.2, -0.15) is 0 Å². The van der Waals surface area contributed by atoms with Gasteiger partial charge in [0.15, 0.2) is 0 Å². The molecular weight excluding hydrogens is 382 g/mol. The van der Waals surface area contributed by atoms with Gasteiger partial charge in [0.05, 0.1) is 12.7 Å². The van der Waals surface area contributed by atoms with Crippen LogP contribution in [0.5, 0.6) is 5.75 Å². The summed E-state index contributed by atoms with van der Waals surface area (Å²) in [6.45, 7) is 0. The van der Waals surface area contributed by atoms with Gasteiger partial charge in [-0.3, -0.25) is 0 Å². The van der Waals surface area contributed by atoms with Crippen LogP contribution in [0.3, 0.4) is 0 Å². The van der Waals surface area contributed by atoms with Gasteiger partial charge in [-0.05, 0) is 68.1 Å². The summed E-state index contributed by atoms with van der Waals surface area (Å²) in [5.41, 5.74) is 2.63. The fourth-order valence-corrected chi connectivity index (χ4v) is 5.41. The highest BCUT2D eigenvalue weighted by Gasteiger charge is 2.48. The normalized spacial score (nSPS) is 24.7. The molecule has 0 heterocycles. The third-order valence-corrected chi connectivity index (χ3v) is 6.94. The van der Waals surface area contributed by atoms with Gasteiger partial charge in [0, 0.05) is 12.0 Å². The average molecular weight is 416 g/mol. The zero-order valence-corrected chi connectivity index (χ0v) is 18.7. The van der Waals surface area contributed by atoms with Gasteiger partial charge in [-0.25, -0.2) is 0 Å². The molecule has 4 rings (SSSR count). The number of nitrogens with zero attached hydrogens (tertiary/aromatic N) is 1. The molecule has 4 unspecified atom stereocenters. The number of methoxy groups -OCH3 is 1. The Morgan fingerprint density at radius 1 is 0.935 bits per heavy atom. The van der Waals surface area contributed by atoms with Gasteiger partial charge in [0.2, 0.25) is 0 Å². The third kappa shape index (κ3) is 4.39. The van der Waals surface area contributed by atoms with E-state index in [1.165, 1.54) is 11.1 Å². The Morgan fingerprint density at radius 3 is 2.26 bits per heavy atom. The van der Waals surface area contributed by atoms with Gasteiger partial charge >= 0.3 is 0 Å². The molecule has 4 atom stereocenters. The van der Waals surface area contributed by atoms with Crippen molar-refractivity contribution >= 4 is 0 Å². The van der Waals surface area contributed by atoms with Crippen molar-refractivity contribution in [3.8, 4) is 5.75 Å². The molecule has 0 aliphatic heterocycles. The van der Waals surface area contributed by atoms with Crippen LogP contribution in [0.4, 0.5) is 0 Å². The Balaban J connectivity index is 1.79. The van der Waals surface area contributed by atoms with E-state index in [1.54, 1.807) is 7.11 Å². The molecule has 3 heteroatoms. The summed E-state index contributed by atoms with van der Waals surface area (Å²) < 4.78 is 5.49. The summed E-state index contributed by atoms with van der Waals surface area (Å²) in [5, 5.41) is 12.3. The molecule has 1 aliphatic rings. The van der Waals surface area contributed by atoms with Gasteiger partial charge in [-0.1, -0.05) is 72.8 Å². The fourth-order valence-electron chi connectivity index (χ4n) is 5.41. The molecule has 3 aromatic carbocycles. The number of hydrogen-bond acceptors (Lipinski definition) is 3. The Hall–Kier alpha value is -2.62. The zero-order chi connectivity index (χ0) is 21.8. The summed E-state index contributed by atoms with van der Waals surface area (Å²) in [6, 6.07) is 29.5. The minimum absolute atomic E-state index is 0.0379. The molecule has 162 valence electrons. The molecule has 0 saturated heterocycles. The van der Waals surface area contributed by atoms with E-state index in [0.29, 0.717) is 5.92 Å². The summed E-state index contributed by atoms with van der Waals surface area (Å²) in [7, 11) is 5.92. The standard InChI is InChI=1S/C28H33NO2/c1-29(2)27(22-13-8-5-9-14-22)26-19-23(21-11-6-4-7-12-21)17-18-28(26,30)24-15-10-16-25(20-24)31-3/h4-16,20,23,26-27,30H,17-19H2,1-3H3. The Labute approximate surface area is 186 Å². The molecule has 0 aromatic heterocycles. The lowest BCUT2D eigenvalue weighted by Gasteiger charge is -2.49. The molecule has 1 N–H and O–H groups in total. The maximum atomic E-state index is 12.3. The second-order valence-electron chi connectivity index (χ2n) is 8.96. The van der Waals surface area contributed by atoms with Crippen molar-refractivity contribution in [2.24, 2.45) is 5.92 Å². The molecule has 1 fully saturated rings. The average Bonchev–Trinajstić information content (AvgIpc) is 2.81. The Bertz CT molecular complexity index is 973. The second kappa shape index (κ2) is 9.25. The fraction of sp³-hybridized carbons (Fsp3) is 0.357. The lowest BCUT2D eigenvalue weighted by molar-refractivity contribution is -0.0887. The summed E-state index contributed by atoms with van der Waals surface area (Å²) in [4.78, 5) is 2.26. The van der Waals surface area contributed by atoms with E-state index in [2.05, 4.69) is 85.7 Å². The topological polar surface area (TPSA) is 32.7 Å². The molecule has 3 nitrogen and oxygen atoms in total. The molecular formula is C28H33NO2. The first-order chi connectivity index (χ1) is 15.0. The second-order valence-corrected chi connectivity index (χ2v) is 8.96. The number of rotatable bonds is 6. The molecule has 1 aliphatic carbocycles.